The number of nitrogens with one attached hydrogen (secondary N) is 1. The first-order valence-electron chi connectivity index (χ1n) is 8.51. The van der Waals surface area contributed by atoms with E-state index in [1.54, 1.807) is 6.20 Å². The number of nitrogen functional groups attached to an aromatic ring is 1. The van der Waals surface area contributed by atoms with Crippen molar-refractivity contribution >= 4 is 23.3 Å². The largest absolute Gasteiger partial charge is 0.382 e. The second kappa shape index (κ2) is 5.73. The molecule has 1 fully saturated rings. The summed E-state index contributed by atoms with van der Waals surface area (Å²) < 4.78 is 0. The maximum absolute atomic E-state index is 13.3. The molecule has 0 bridgehead atoms. The highest BCUT2D eigenvalue weighted by Gasteiger charge is 2.51. The summed E-state index contributed by atoms with van der Waals surface area (Å²) in [6.07, 6.45) is 8.49. The molecule has 4 rings (SSSR count). The van der Waals surface area contributed by atoms with Crippen LogP contribution in [0.25, 0.3) is 0 Å². The van der Waals surface area contributed by atoms with Crippen LogP contribution < -0.4 is 16.8 Å². The van der Waals surface area contributed by atoms with Gasteiger partial charge in [-0.1, -0.05) is 12.8 Å². The summed E-state index contributed by atoms with van der Waals surface area (Å²) in [4.78, 5) is 30.4. The van der Waals surface area contributed by atoms with Crippen molar-refractivity contribution in [3.8, 4) is 0 Å². The topological polar surface area (TPSA) is 132 Å². The molecule has 2 atom stereocenters. The molecule has 130 valence electrons. The molecular weight excluding hydrogens is 318 g/mol. The van der Waals surface area contributed by atoms with E-state index in [9.17, 15) is 4.79 Å². The Morgan fingerprint density at radius 3 is 2.72 bits per heavy atom. The monoisotopic (exact) mass is 339 g/mol. The van der Waals surface area contributed by atoms with Gasteiger partial charge in [0.05, 0.1) is 11.9 Å². The van der Waals surface area contributed by atoms with Gasteiger partial charge in [0.1, 0.15) is 17.1 Å². The van der Waals surface area contributed by atoms with Gasteiger partial charge in [-0.25, -0.2) is 15.0 Å². The van der Waals surface area contributed by atoms with E-state index in [1.165, 1.54) is 6.20 Å². The van der Waals surface area contributed by atoms with Crippen LogP contribution in [0.3, 0.4) is 0 Å². The van der Waals surface area contributed by atoms with Crippen LogP contribution >= 0.6 is 0 Å². The quantitative estimate of drug-likeness (QED) is 0.728. The van der Waals surface area contributed by atoms with Crippen LogP contribution in [0.15, 0.2) is 34.0 Å². The molecular formula is C17H21N7O. The van der Waals surface area contributed by atoms with Crippen molar-refractivity contribution in [1.29, 1.82) is 0 Å². The van der Waals surface area contributed by atoms with E-state index in [-0.39, 0.29) is 11.8 Å². The van der Waals surface area contributed by atoms with E-state index in [0.29, 0.717) is 17.3 Å². The number of rotatable bonds is 2. The zero-order chi connectivity index (χ0) is 17.6. The van der Waals surface area contributed by atoms with Crippen LogP contribution in [0.1, 0.15) is 38.3 Å². The lowest BCUT2D eigenvalue weighted by atomic mass is 9.68. The molecule has 1 aromatic heterocycles. The number of hydrogen-bond acceptors (Lipinski definition) is 7. The number of amidine groups is 1. The van der Waals surface area contributed by atoms with Crippen molar-refractivity contribution in [2.75, 3.05) is 5.73 Å². The molecule has 8 nitrogen and oxygen atoms in total. The summed E-state index contributed by atoms with van der Waals surface area (Å²) in [5.74, 6) is 0.775. The standard InChI is InChI=1S/C17H21N7O/c1-9-11-6-17(10-4-2-3-5-10,12-7-20-8-13(18)22-12)15(25)23-14(11)24-16(19)21-9/h6-8,10,16H,2-5,19H2,1H3,(H2,18,22)(H,23,24,25). The Morgan fingerprint density at radius 1 is 1.24 bits per heavy atom. The summed E-state index contributed by atoms with van der Waals surface area (Å²) in [6, 6.07) is 0. The summed E-state index contributed by atoms with van der Waals surface area (Å²) >= 11 is 0. The summed E-state index contributed by atoms with van der Waals surface area (Å²) in [6.45, 7) is 1.88. The van der Waals surface area contributed by atoms with E-state index in [0.717, 1.165) is 37.0 Å². The van der Waals surface area contributed by atoms with Gasteiger partial charge >= 0.3 is 0 Å². The average molecular weight is 339 g/mol. The number of anilines is 1. The second-order valence-corrected chi connectivity index (χ2v) is 6.80. The Hall–Kier alpha value is -2.61. The summed E-state index contributed by atoms with van der Waals surface area (Å²) in [5, 5.41) is 2.94. The molecule has 1 aromatic rings. The molecule has 8 heteroatoms. The minimum Gasteiger partial charge on any atom is -0.382 e. The Balaban J connectivity index is 1.93. The third-order valence-electron chi connectivity index (χ3n) is 5.29. The highest BCUT2D eigenvalue weighted by atomic mass is 16.2. The van der Waals surface area contributed by atoms with E-state index >= 15 is 0 Å². The third-order valence-corrected chi connectivity index (χ3v) is 5.29. The van der Waals surface area contributed by atoms with Gasteiger partial charge in [0.25, 0.3) is 0 Å². The molecule has 0 radical (unpaired) electrons. The van der Waals surface area contributed by atoms with E-state index in [1.807, 2.05) is 13.0 Å². The van der Waals surface area contributed by atoms with Crippen LogP contribution in [0.4, 0.5) is 5.82 Å². The fourth-order valence-corrected chi connectivity index (χ4v) is 4.11. The van der Waals surface area contributed by atoms with Gasteiger partial charge in [-0.05, 0) is 31.8 Å². The van der Waals surface area contributed by atoms with Crippen molar-refractivity contribution in [2.24, 2.45) is 21.6 Å². The molecule has 3 heterocycles. The van der Waals surface area contributed by atoms with Gasteiger partial charge in [0.2, 0.25) is 5.91 Å². The molecule has 1 saturated carbocycles. The molecule has 0 saturated heterocycles. The lowest BCUT2D eigenvalue weighted by Gasteiger charge is -2.39. The molecule has 1 amide bonds. The minimum absolute atomic E-state index is 0.140. The lowest BCUT2D eigenvalue weighted by molar-refractivity contribution is -0.125. The first-order chi connectivity index (χ1) is 12.0. The molecule has 1 aliphatic carbocycles. The van der Waals surface area contributed by atoms with Crippen LogP contribution in [0, 0.1) is 5.92 Å². The number of carbonyl (C=O) groups is 1. The van der Waals surface area contributed by atoms with Crippen LogP contribution in [0.2, 0.25) is 0 Å². The second-order valence-electron chi connectivity index (χ2n) is 6.80. The molecule has 0 spiro atoms. The first-order valence-corrected chi connectivity index (χ1v) is 8.51. The smallest absolute Gasteiger partial charge is 0.242 e. The predicted octanol–water partition coefficient (Wildman–Crippen LogP) is 0.658. The number of aliphatic imine (C=N–C) groups is 2. The maximum atomic E-state index is 13.3. The van der Waals surface area contributed by atoms with E-state index in [4.69, 9.17) is 11.5 Å². The van der Waals surface area contributed by atoms with Crippen LogP contribution in [-0.2, 0) is 10.2 Å². The Kier molecular flexibility index (Phi) is 3.64. The zero-order valence-corrected chi connectivity index (χ0v) is 14.1. The fourth-order valence-electron chi connectivity index (χ4n) is 4.11. The molecule has 0 aromatic carbocycles. The molecule has 25 heavy (non-hydrogen) atoms. The summed E-state index contributed by atoms with van der Waals surface area (Å²) in [7, 11) is 0. The maximum Gasteiger partial charge on any atom is 0.242 e. The number of nitrogens with zero attached hydrogens (tertiary/aromatic N) is 4. The van der Waals surface area contributed by atoms with Gasteiger partial charge in [0, 0.05) is 17.5 Å². The first kappa shape index (κ1) is 15.9. The summed E-state index contributed by atoms with van der Waals surface area (Å²) in [5.41, 5.74) is 12.9. The highest BCUT2D eigenvalue weighted by molar-refractivity contribution is 6.29. The van der Waals surface area contributed by atoms with E-state index < -0.39 is 11.7 Å². The normalized spacial score (nSPS) is 29.4. The van der Waals surface area contributed by atoms with Gasteiger partial charge < -0.3 is 11.1 Å². The van der Waals surface area contributed by atoms with E-state index in [2.05, 4.69) is 25.3 Å². The Bertz CT molecular complexity index is 822. The van der Waals surface area contributed by atoms with Gasteiger partial charge in [-0.3, -0.25) is 15.5 Å². The van der Waals surface area contributed by atoms with Gasteiger partial charge in [-0.2, -0.15) is 0 Å². The molecule has 5 N–H and O–H groups in total. The number of aromatic nitrogens is 2. The van der Waals surface area contributed by atoms with Crippen LogP contribution in [-0.4, -0.2) is 33.7 Å². The molecule has 2 aliphatic heterocycles. The lowest BCUT2D eigenvalue weighted by Crippen LogP contribution is -2.56. The van der Waals surface area contributed by atoms with Crippen molar-refractivity contribution in [3.05, 3.63) is 29.7 Å². The van der Waals surface area contributed by atoms with Crippen LogP contribution in [0.5, 0.6) is 0 Å². The van der Waals surface area contributed by atoms with Crippen molar-refractivity contribution < 1.29 is 4.79 Å². The number of hydrogen-bond donors (Lipinski definition) is 3. The average Bonchev–Trinajstić information content (AvgIpc) is 3.09. The Labute approximate surface area is 145 Å². The van der Waals surface area contributed by atoms with Gasteiger partial charge in [0.15, 0.2) is 6.29 Å². The Morgan fingerprint density at radius 2 is 2.00 bits per heavy atom. The number of carbonyl (C=O) groups excluding carboxylic acids is 1. The number of amides is 1. The highest BCUT2D eigenvalue weighted by Crippen LogP contribution is 2.45. The molecule has 3 aliphatic rings. The molecule has 2 unspecified atom stereocenters. The number of nitrogens with two attached hydrogens (primary N) is 2. The predicted molar refractivity (Wildman–Crippen MR) is 94.8 cm³/mol. The third kappa shape index (κ3) is 2.44. The van der Waals surface area contributed by atoms with Gasteiger partial charge in [-0.15, -0.1) is 0 Å². The SMILES string of the molecule is CC1=NC(N)N=C2NC(=O)C(c3cncc(N)n3)(C3CCCC3)C=C12. The number of fused-ring (bicyclic) bond motifs is 1. The van der Waals surface area contributed by atoms with Crippen molar-refractivity contribution in [2.45, 2.75) is 44.3 Å². The minimum atomic E-state index is -0.911. The zero-order valence-electron chi connectivity index (χ0n) is 14.1. The van der Waals surface area contributed by atoms with Crippen molar-refractivity contribution in [3.63, 3.8) is 0 Å². The fraction of sp³-hybridized carbons (Fsp3) is 0.471. The van der Waals surface area contributed by atoms with Crippen molar-refractivity contribution in [1.82, 2.24) is 15.3 Å².